The van der Waals surface area contributed by atoms with Crippen LogP contribution in [0.1, 0.15) is 38.4 Å². The van der Waals surface area contributed by atoms with Crippen molar-refractivity contribution in [2.24, 2.45) is 0 Å². The van der Waals surface area contributed by atoms with Gasteiger partial charge in [0.05, 0.1) is 35.0 Å². The number of carbonyl (C=O) groups is 1. The Morgan fingerprint density at radius 2 is 1.76 bits per heavy atom. The molecule has 0 unspecified atom stereocenters. The summed E-state index contributed by atoms with van der Waals surface area (Å²) in [5.41, 5.74) is 6.47. The molecule has 0 radical (unpaired) electrons. The Morgan fingerprint density at radius 3 is 2.51 bits per heavy atom. The largest absolute Gasteiger partial charge is 0.508 e. The Hall–Kier alpha value is -6.05. The third-order valence-corrected chi connectivity index (χ3v) is 8.14. The third kappa shape index (κ3) is 8.09. The number of pyridine rings is 1. The molecule has 2 aromatic heterocycles. The number of imidazole rings is 1. The summed E-state index contributed by atoms with van der Waals surface area (Å²) in [6.45, 7) is 1.58. The number of aromatic nitrogens is 3. The van der Waals surface area contributed by atoms with Gasteiger partial charge >= 0.3 is 0 Å². The van der Waals surface area contributed by atoms with Gasteiger partial charge in [-0.05, 0) is 66.1 Å². The van der Waals surface area contributed by atoms with Crippen LogP contribution in [0.2, 0.25) is 0 Å². The molecule has 0 atom stereocenters. The van der Waals surface area contributed by atoms with Gasteiger partial charge in [0.25, 0.3) is 5.91 Å². The van der Waals surface area contributed by atoms with Crippen LogP contribution in [-0.4, -0.2) is 45.8 Å². The Kier molecular flexibility index (Phi) is 10.2. The maximum absolute atomic E-state index is 14.3. The van der Waals surface area contributed by atoms with Crippen LogP contribution in [0.3, 0.4) is 0 Å². The van der Waals surface area contributed by atoms with Crippen molar-refractivity contribution in [1.82, 2.24) is 19.9 Å². The molecule has 49 heavy (non-hydrogen) atoms. The first-order valence-corrected chi connectivity index (χ1v) is 15.8. The zero-order valence-corrected chi connectivity index (χ0v) is 26.9. The van der Waals surface area contributed by atoms with E-state index in [0.29, 0.717) is 55.2 Å². The first-order valence-electron chi connectivity index (χ1n) is 15.8. The van der Waals surface area contributed by atoms with Gasteiger partial charge in [-0.3, -0.25) is 4.79 Å². The number of aromatic hydroxyl groups is 1. The second-order valence-corrected chi connectivity index (χ2v) is 11.5. The van der Waals surface area contributed by atoms with Crippen LogP contribution in [0, 0.1) is 17.1 Å². The molecule has 2 N–H and O–H groups in total. The SMILES string of the molecule is COCCn1c(Cc2ccc(-c3cccc(OCc4ccc(C#N)cc4F)n3)cc2)nc2cc(C(=O)NCCc3ccc(O)cc3)ccc21. The topological polar surface area (TPSA) is 122 Å². The molecule has 6 rings (SSSR count). The van der Waals surface area contributed by atoms with Crippen molar-refractivity contribution >= 4 is 16.9 Å². The highest BCUT2D eigenvalue weighted by Crippen LogP contribution is 2.24. The molecule has 0 aliphatic rings. The second kappa shape index (κ2) is 15.2. The first-order chi connectivity index (χ1) is 23.9. The van der Waals surface area contributed by atoms with E-state index in [-0.39, 0.29) is 23.8 Å². The van der Waals surface area contributed by atoms with Gasteiger partial charge in [-0.25, -0.2) is 14.4 Å². The number of benzene rings is 4. The van der Waals surface area contributed by atoms with Gasteiger partial charge in [-0.1, -0.05) is 48.5 Å². The molecule has 10 heteroatoms. The predicted molar refractivity (Wildman–Crippen MR) is 184 cm³/mol. The van der Waals surface area contributed by atoms with Crippen molar-refractivity contribution in [3.8, 4) is 29.0 Å². The van der Waals surface area contributed by atoms with E-state index in [9.17, 15) is 14.3 Å². The number of rotatable bonds is 13. The average Bonchev–Trinajstić information content (AvgIpc) is 3.47. The molecular weight excluding hydrogens is 621 g/mol. The van der Waals surface area contributed by atoms with Gasteiger partial charge in [0.2, 0.25) is 5.88 Å². The van der Waals surface area contributed by atoms with Crippen molar-refractivity contribution in [2.45, 2.75) is 26.0 Å². The maximum Gasteiger partial charge on any atom is 0.251 e. The number of hydrogen-bond acceptors (Lipinski definition) is 7. The third-order valence-electron chi connectivity index (χ3n) is 8.14. The van der Waals surface area contributed by atoms with E-state index in [1.54, 1.807) is 37.4 Å². The molecule has 0 fully saturated rings. The molecule has 0 spiro atoms. The first kappa shape index (κ1) is 32.9. The fourth-order valence-electron chi connectivity index (χ4n) is 5.49. The summed E-state index contributed by atoms with van der Waals surface area (Å²) in [6, 6.07) is 32.2. The molecule has 4 aromatic carbocycles. The van der Waals surface area contributed by atoms with E-state index in [4.69, 9.17) is 19.7 Å². The molecule has 0 saturated heterocycles. The predicted octanol–water partition coefficient (Wildman–Crippen LogP) is 6.60. The van der Waals surface area contributed by atoms with Gasteiger partial charge in [-0.15, -0.1) is 0 Å². The number of nitrogens with one attached hydrogen (secondary N) is 1. The van der Waals surface area contributed by atoms with Crippen molar-refractivity contribution in [3.05, 3.63) is 143 Å². The van der Waals surface area contributed by atoms with Gasteiger partial charge in [0.15, 0.2) is 0 Å². The summed E-state index contributed by atoms with van der Waals surface area (Å²) in [4.78, 5) is 22.5. The number of fused-ring (bicyclic) bond motifs is 1. The normalized spacial score (nSPS) is 11.0. The monoisotopic (exact) mass is 655 g/mol. The lowest BCUT2D eigenvalue weighted by atomic mass is 10.1. The van der Waals surface area contributed by atoms with Crippen LogP contribution in [0.25, 0.3) is 22.3 Å². The Bertz CT molecular complexity index is 2120. The smallest absolute Gasteiger partial charge is 0.251 e. The number of nitriles is 1. The molecular formula is C39H34FN5O4. The average molecular weight is 656 g/mol. The highest BCUT2D eigenvalue weighted by Gasteiger charge is 2.15. The lowest BCUT2D eigenvalue weighted by molar-refractivity contribution is 0.0954. The van der Waals surface area contributed by atoms with E-state index in [2.05, 4.69) is 14.9 Å². The zero-order valence-electron chi connectivity index (χ0n) is 26.9. The van der Waals surface area contributed by atoms with Crippen molar-refractivity contribution in [1.29, 1.82) is 5.26 Å². The number of carbonyl (C=O) groups excluding carboxylic acids is 1. The number of phenols is 1. The highest BCUT2D eigenvalue weighted by molar-refractivity contribution is 5.97. The van der Waals surface area contributed by atoms with E-state index in [1.165, 1.54) is 6.07 Å². The number of nitrogens with zero attached hydrogens (tertiary/aromatic N) is 4. The van der Waals surface area contributed by atoms with Crippen molar-refractivity contribution < 1.29 is 23.8 Å². The number of amides is 1. The van der Waals surface area contributed by atoms with Crippen molar-refractivity contribution in [2.75, 3.05) is 20.3 Å². The van der Waals surface area contributed by atoms with Gasteiger partial charge in [-0.2, -0.15) is 5.26 Å². The Labute approximate surface area is 283 Å². The summed E-state index contributed by atoms with van der Waals surface area (Å²) in [6.07, 6.45) is 1.22. The molecule has 1 amide bonds. The van der Waals surface area contributed by atoms with Gasteiger partial charge in [0, 0.05) is 49.4 Å². The number of methoxy groups -OCH3 is 1. The quantitative estimate of drug-likeness (QED) is 0.144. The summed E-state index contributed by atoms with van der Waals surface area (Å²) >= 11 is 0. The molecule has 246 valence electrons. The molecule has 0 aliphatic heterocycles. The summed E-state index contributed by atoms with van der Waals surface area (Å²) in [5.74, 6) is 0.765. The highest BCUT2D eigenvalue weighted by atomic mass is 19.1. The lowest BCUT2D eigenvalue weighted by Crippen LogP contribution is -2.25. The van der Waals surface area contributed by atoms with Gasteiger partial charge < -0.3 is 24.5 Å². The van der Waals surface area contributed by atoms with E-state index < -0.39 is 5.82 Å². The van der Waals surface area contributed by atoms with E-state index >= 15 is 0 Å². The minimum Gasteiger partial charge on any atom is -0.508 e. The molecule has 0 bridgehead atoms. The lowest BCUT2D eigenvalue weighted by Gasteiger charge is -2.10. The maximum atomic E-state index is 14.3. The van der Waals surface area contributed by atoms with E-state index in [1.807, 2.05) is 72.8 Å². The van der Waals surface area contributed by atoms with Crippen LogP contribution in [0.15, 0.2) is 103 Å². The molecule has 6 aromatic rings. The summed E-state index contributed by atoms with van der Waals surface area (Å²) in [7, 11) is 1.66. The zero-order chi connectivity index (χ0) is 34.2. The fourth-order valence-corrected chi connectivity index (χ4v) is 5.49. The molecule has 9 nitrogen and oxygen atoms in total. The minimum atomic E-state index is -0.495. The molecule has 2 heterocycles. The summed E-state index contributed by atoms with van der Waals surface area (Å²) < 4.78 is 27.5. The van der Waals surface area contributed by atoms with E-state index in [0.717, 1.165) is 33.5 Å². The van der Waals surface area contributed by atoms with Crippen LogP contribution in [0.4, 0.5) is 4.39 Å². The Balaban J connectivity index is 1.13. The number of phenolic OH excluding ortho intramolecular Hbond substituents is 1. The van der Waals surface area contributed by atoms with Gasteiger partial charge in [0.1, 0.15) is 24.0 Å². The molecule has 0 saturated carbocycles. The Morgan fingerprint density at radius 1 is 0.959 bits per heavy atom. The number of halogens is 1. The van der Waals surface area contributed by atoms with Crippen LogP contribution < -0.4 is 10.1 Å². The van der Waals surface area contributed by atoms with Crippen molar-refractivity contribution in [3.63, 3.8) is 0 Å². The van der Waals surface area contributed by atoms with Crippen LogP contribution >= 0.6 is 0 Å². The summed E-state index contributed by atoms with van der Waals surface area (Å²) in [5, 5.41) is 21.4. The standard InChI is InChI=1S/C39H34FN5O4/c1-48-20-19-45-36-16-13-30(39(47)42-18-17-26-8-14-32(46)15-9-26)23-35(36)43-37(45)22-27-5-10-29(11-6-27)34-3-2-4-38(44-34)49-25-31-12-7-28(24-41)21-33(31)40/h2-16,21,23,46H,17-20,22,25H2,1H3,(H,42,47). The number of hydrogen-bond donors (Lipinski definition) is 2. The molecule has 0 aliphatic carbocycles. The second-order valence-electron chi connectivity index (χ2n) is 11.5. The fraction of sp³-hybridized carbons (Fsp3) is 0.179. The minimum absolute atomic E-state index is 0.00973. The van der Waals surface area contributed by atoms with Crippen LogP contribution in [0.5, 0.6) is 11.6 Å². The van der Waals surface area contributed by atoms with Crippen LogP contribution in [-0.2, 0) is 30.7 Å². The number of ether oxygens (including phenoxy) is 2.